The highest BCUT2D eigenvalue weighted by Gasteiger charge is 2.23. The number of carbonyl (C=O) groups is 1. The van der Waals surface area contributed by atoms with E-state index in [1.54, 1.807) is 18.6 Å². The second-order valence-corrected chi connectivity index (χ2v) is 8.92. The quantitative estimate of drug-likeness (QED) is 0.467. The van der Waals surface area contributed by atoms with Gasteiger partial charge in [-0.2, -0.15) is 0 Å². The van der Waals surface area contributed by atoms with Crippen LogP contribution in [0.2, 0.25) is 0 Å². The minimum atomic E-state index is -0.479. The summed E-state index contributed by atoms with van der Waals surface area (Å²) in [6, 6.07) is 9.88. The lowest BCUT2D eigenvalue weighted by atomic mass is 9.97. The van der Waals surface area contributed by atoms with E-state index in [9.17, 15) is 9.59 Å². The van der Waals surface area contributed by atoms with E-state index in [1.807, 2.05) is 45.9 Å². The lowest BCUT2D eigenvalue weighted by Crippen LogP contribution is -2.43. The molecule has 0 saturated heterocycles. The predicted octanol–water partition coefficient (Wildman–Crippen LogP) is 4.00. The van der Waals surface area contributed by atoms with Gasteiger partial charge in [0.25, 0.3) is 0 Å². The Balaban J connectivity index is 2.00. The lowest BCUT2D eigenvalue weighted by Gasteiger charge is -2.24. The summed E-state index contributed by atoms with van der Waals surface area (Å²) in [5.41, 5.74) is 6.68. The number of esters is 1. The van der Waals surface area contributed by atoms with Crippen molar-refractivity contribution in [2.75, 3.05) is 20.3 Å². The molecule has 8 nitrogen and oxygen atoms in total. The molecule has 0 bridgehead atoms. The van der Waals surface area contributed by atoms with Gasteiger partial charge in [0, 0.05) is 18.2 Å². The molecule has 0 saturated carbocycles. The standard InChI is InChI=1S/C28H33N3O5/c1-7-35-24-13-20-9-10-30-22(21(20)14-23(24)34-6)15-25(31(28(30)33)16-26(32)36-8-2)29-27-18(4)11-17(3)12-19(27)5/h11-15H,7-10,16H2,1-6H3/b29-25+. The Kier molecular flexibility index (Phi) is 7.33. The van der Waals surface area contributed by atoms with Gasteiger partial charge in [-0.05, 0) is 69.9 Å². The Hall–Kier alpha value is -3.81. The van der Waals surface area contributed by atoms with Gasteiger partial charge in [0.15, 0.2) is 11.5 Å². The van der Waals surface area contributed by atoms with Crippen molar-refractivity contribution >= 4 is 11.7 Å². The van der Waals surface area contributed by atoms with Gasteiger partial charge in [-0.15, -0.1) is 0 Å². The zero-order chi connectivity index (χ0) is 26.0. The number of ether oxygens (including phenoxy) is 3. The first-order valence-electron chi connectivity index (χ1n) is 12.2. The summed E-state index contributed by atoms with van der Waals surface area (Å²) in [4.78, 5) is 31.1. The summed E-state index contributed by atoms with van der Waals surface area (Å²) >= 11 is 0. The lowest BCUT2D eigenvalue weighted by molar-refractivity contribution is -0.144. The van der Waals surface area contributed by atoms with Crippen LogP contribution in [-0.2, 0) is 29.0 Å². The third kappa shape index (κ3) is 4.80. The number of aromatic nitrogens is 2. The largest absolute Gasteiger partial charge is 0.493 e. The van der Waals surface area contributed by atoms with E-state index in [1.165, 1.54) is 4.57 Å². The number of fused-ring (bicyclic) bond motifs is 3. The predicted molar refractivity (Wildman–Crippen MR) is 138 cm³/mol. The first-order chi connectivity index (χ1) is 17.3. The average Bonchev–Trinajstić information content (AvgIpc) is 2.83. The molecule has 0 amide bonds. The average molecular weight is 492 g/mol. The summed E-state index contributed by atoms with van der Waals surface area (Å²) < 4.78 is 19.6. The molecule has 0 fully saturated rings. The summed E-state index contributed by atoms with van der Waals surface area (Å²) in [5, 5.41) is 0. The number of carbonyl (C=O) groups excluding carboxylic acids is 1. The first-order valence-corrected chi connectivity index (χ1v) is 12.2. The number of aryl methyl sites for hydroxylation is 4. The first kappa shape index (κ1) is 25.3. The number of hydrogen-bond donors (Lipinski definition) is 0. The van der Waals surface area contributed by atoms with Gasteiger partial charge in [0.05, 0.1) is 31.7 Å². The molecule has 1 aromatic heterocycles. The molecule has 0 spiro atoms. The molecule has 0 radical (unpaired) electrons. The molecule has 2 aromatic carbocycles. The molecule has 36 heavy (non-hydrogen) atoms. The Labute approximate surface area is 210 Å². The van der Waals surface area contributed by atoms with Crippen LogP contribution in [0.15, 0.2) is 40.1 Å². The molecular formula is C28H33N3O5. The van der Waals surface area contributed by atoms with Crippen LogP contribution in [0.25, 0.3) is 11.3 Å². The van der Waals surface area contributed by atoms with Crippen molar-refractivity contribution < 1.29 is 19.0 Å². The minimum Gasteiger partial charge on any atom is -0.493 e. The molecule has 0 aliphatic carbocycles. The van der Waals surface area contributed by atoms with Crippen LogP contribution in [0.3, 0.4) is 0 Å². The van der Waals surface area contributed by atoms with Crippen molar-refractivity contribution in [2.24, 2.45) is 4.99 Å². The zero-order valence-electron chi connectivity index (χ0n) is 21.8. The third-order valence-corrected chi connectivity index (χ3v) is 6.32. The second kappa shape index (κ2) is 10.4. The van der Waals surface area contributed by atoms with Crippen molar-refractivity contribution in [3.8, 4) is 22.8 Å². The van der Waals surface area contributed by atoms with Crippen LogP contribution in [0.4, 0.5) is 5.69 Å². The van der Waals surface area contributed by atoms with Crippen molar-refractivity contribution in [3.05, 3.63) is 68.6 Å². The molecule has 1 aliphatic heterocycles. The number of benzene rings is 2. The number of rotatable bonds is 7. The monoisotopic (exact) mass is 491 g/mol. The summed E-state index contributed by atoms with van der Waals surface area (Å²) in [5.74, 6) is 0.801. The maximum Gasteiger partial charge on any atom is 0.330 e. The van der Waals surface area contributed by atoms with Gasteiger partial charge in [-0.3, -0.25) is 13.9 Å². The fourth-order valence-corrected chi connectivity index (χ4v) is 4.81. The van der Waals surface area contributed by atoms with Gasteiger partial charge in [0.2, 0.25) is 0 Å². The van der Waals surface area contributed by atoms with E-state index in [0.717, 1.165) is 39.2 Å². The van der Waals surface area contributed by atoms with Crippen LogP contribution in [0.5, 0.6) is 11.5 Å². The summed E-state index contributed by atoms with van der Waals surface area (Å²) in [6.45, 7) is 10.7. The van der Waals surface area contributed by atoms with Crippen LogP contribution >= 0.6 is 0 Å². The van der Waals surface area contributed by atoms with E-state index in [4.69, 9.17) is 19.2 Å². The zero-order valence-corrected chi connectivity index (χ0v) is 21.8. The van der Waals surface area contributed by atoms with Gasteiger partial charge in [-0.25, -0.2) is 9.79 Å². The van der Waals surface area contributed by atoms with Gasteiger partial charge < -0.3 is 14.2 Å². The minimum absolute atomic E-state index is 0.213. The van der Waals surface area contributed by atoms with Crippen LogP contribution < -0.4 is 20.7 Å². The molecule has 0 unspecified atom stereocenters. The highest BCUT2D eigenvalue weighted by atomic mass is 16.5. The van der Waals surface area contributed by atoms with Gasteiger partial charge in [0.1, 0.15) is 12.0 Å². The summed E-state index contributed by atoms with van der Waals surface area (Å²) in [7, 11) is 1.60. The fraction of sp³-hybridized carbons (Fsp3) is 0.393. The van der Waals surface area contributed by atoms with Gasteiger partial charge >= 0.3 is 11.7 Å². The Morgan fingerprint density at radius 1 is 1.00 bits per heavy atom. The fourth-order valence-electron chi connectivity index (χ4n) is 4.81. The normalized spacial score (nSPS) is 12.7. The molecule has 190 valence electrons. The molecule has 3 aromatic rings. The second-order valence-electron chi connectivity index (χ2n) is 8.92. The Bertz CT molecular complexity index is 1430. The van der Waals surface area contributed by atoms with E-state index in [0.29, 0.717) is 36.6 Å². The number of nitrogens with zero attached hydrogens (tertiary/aromatic N) is 3. The van der Waals surface area contributed by atoms with Crippen molar-refractivity contribution in [3.63, 3.8) is 0 Å². The Morgan fingerprint density at radius 2 is 1.72 bits per heavy atom. The molecule has 0 N–H and O–H groups in total. The maximum atomic E-state index is 13.7. The number of hydrogen-bond acceptors (Lipinski definition) is 6. The van der Waals surface area contributed by atoms with Crippen molar-refractivity contribution in [2.45, 2.75) is 54.1 Å². The highest BCUT2D eigenvalue weighted by molar-refractivity contribution is 5.71. The molecule has 0 atom stereocenters. The molecule has 2 heterocycles. The van der Waals surface area contributed by atoms with E-state index in [2.05, 4.69) is 12.1 Å². The number of methoxy groups -OCH3 is 1. The van der Waals surface area contributed by atoms with E-state index in [-0.39, 0.29) is 18.8 Å². The third-order valence-electron chi connectivity index (χ3n) is 6.32. The topological polar surface area (TPSA) is 84.1 Å². The van der Waals surface area contributed by atoms with Crippen molar-refractivity contribution in [1.29, 1.82) is 0 Å². The molecular weight excluding hydrogens is 458 g/mol. The SMILES string of the molecule is CCOC(=O)Cn1c(=O)n2c(c/c1=N\c1c(C)cc(C)cc1C)-c1cc(OC)c(OCC)cc1CC2. The van der Waals surface area contributed by atoms with Crippen LogP contribution in [0.1, 0.15) is 36.1 Å². The van der Waals surface area contributed by atoms with E-state index < -0.39 is 5.97 Å². The van der Waals surface area contributed by atoms with E-state index >= 15 is 0 Å². The van der Waals surface area contributed by atoms with Crippen LogP contribution in [0, 0.1) is 20.8 Å². The maximum absolute atomic E-state index is 13.7. The Morgan fingerprint density at radius 3 is 2.36 bits per heavy atom. The molecule has 1 aliphatic rings. The van der Waals surface area contributed by atoms with Gasteiger partial charge in [-0.1, -0.05) is 17.7 Å². The summed E-state index contributed by atoms with van der Waals surface area (Å²) in [6.07, 6.45) is 0.651. The van der Waals surface area contributed by atoms with Crippen LogP contribution in [-0.4, -0.2) is 35.4 Å². The highest BCUT2D eigenvalue weighted by Crippen LogP contribution is 2.37. The van der Waals surface area contributed by atoms with Crippen molar-refractivity contribution in [1.82, 2.24) is 9.13 Å². The molecule has 8 heteroatoms. The molecule has 4 rings (SSSR count). The smallest absolute Gasteiger partial charge is 0.330 e.